The third kappa shape index (κ3) is 3.09. The maximum absolute atomic E-state index is 12.3. The lowest BCUT2D eigenvalue weighted by atomic mass is 9.94. The fraction of sp³-hybridized carbons (Fsp3) is 0.316. The van der Waals surface area contributed by atoms with Crippen molar-refractivity contribution in [2.45, 2.75) is 31.7 Å². The van der Waals surface area contributed by atoms with Crippen molar-refractivity contribution in [3.05, 3.63) is 59.4 Å². The summed E-state index contributed by atoms with van der Waals surface area (Å²) in [6.07, 6.45) is 0.756. The molecule has 0 radical (unpaired) electrons. The Balaban J connectivity index is 1.79. The molecule has 4 heteroatoms. The summed E-state index contributed by atoms with van der Waals surface area (Å²) >= 11 is 0. The van der Waals surface area contributed by atoms with Crippen LogP contribution in [-0.2, 0) is 4.79 Å². The molecular formula is C19H19N3O. The van der Waals surface area contributed by atoms with Gasteiger partial charge in [-0.1, -0.05) is 24.1 Å². The monoisotopic (exact) mass is 305 g/mol. The number of rotatable bonds is 1. The molecule has 4 nitrogen and oxygen atoms in total. The van der Waals surface area contributed by atoms with E-state index in [2.05, 4.69) is 35.9 Å². The van der Waals surface area contributed by atoms with Gasteiger partial charge in [0.05, 0.1) is 11.6 Å². The van der Waals surface area contributed by atoms with Crippen LogP contribution in [0.3, 0.4) is 0 Å². The van der Waals surface area contributed by atoms with E-state index < -0.39 is 0 Å². The quantitative estimate of drug-likeness (QED) is 0.761. The summed E-state index contributed by atoms with van der Waals surface area (Å²) in [4.78, 5) is 14.1. The second kappa shape index (κ2) is 5.85. The molecule has 1 aliphatic heterocycles. The highest BCUT2D eigenvalue weighted by molar-refractivity contribution is 5.86. The van der Waals surface area contributed by atoms with Crippen LogP contribution in [0.5, 0.6) is 0 Å². The molecule has 0 aliphatic carbocycles. The number of nitrogens with zero attached hydrogens (tertiary/aromatic N) is 3. The summed E-state index contributed by atoms with van der Waals surface area (Å²) < 4.78 is 0. The molecule has 23 heavy (non-hydrogen) atoms. The van der Waals surface area contributed by atoms with E-state index in [9.17, 15) is 4.79 Å². The van der Waals surface area contributed by atoms with Crippen molar-refractivity contribution >= 4 is 5.91 Å². The average Bonchev–Trinajstić information content (AvgIpc) is 2.78. The Bertz CT molecular complexity index is 770. The molecule has 0 bridgehead atoms. The number of hydrogen-bond acceptors (Lipinski definition) is 3. The minimum Gasteiger partial charge on any atom is -0.340 e. The largest absolute Gasteiger partial charge is 0.340 e. The molecule has 1 aliphatic rings. The zero-order valence-electron chi connectivity index (χ0n) is 13.6. The van der Waals surface area contributed by atoms with Gasteiger partial charge in [0.2, 0.25) is 5.91 Å². The number of aromatic nitrogens is 2. The minimum atomic E-state index is -0.210. The van der Waals surface area contributed by atoms with Crippen molar-refractivity contribution < 1.29 is 4.79 Å². The van der Waals surface area contributed by atoms with E-state index >= 15 is 0 Å². The molecule has 1 atom stereocenters. The molecule has 2 heterocycles. The van der Waals surface area contributed by atoms with Crippen molar-refractivity contribution in [3.63, 3.8) is 0 Å². The molecule has 1 amide bonds. The van der Waals surface area contributed by atoms with Gasteiger partial charge < -0.3 is 4.90 Å². The van der Waals surface area contributed by atoms with Crippen LogP contribution in [-0.4, -0.2) is 33.6 Å². The van der Waals surface area contributed by atoms with Crippen LogP contribution in [0, 0.1) is 11.8 Å². The summed E-state index contributed by atoms with van der Waals surface area (Å²) in [7, 11) is 1.84. The first-order valence-electron chi connectivity index (χ1n) is 7.66. The predicted molar refractivity (Wildman–Crippen MR) is 88.7 cm³/mol. The van der Waals surface area contributed by atoms with Crippen LogP contribution in [0.1, 0.15) is 43.1 Å². The Labute approximate surface area is 136 Å². The molecule has 0 saturated carbocycles. The maximum Gasteiger partial charge on any atom is 0.232 e. The van der Waals surface area contributed by atoms with Gasteiger partial charge in [-0.2, -0.15) is 5.10 Å². The van der Waals surface area contributed by atoms with Gasteiger partial charge in [0.1, 0.15) is 5.69 Å². The van der Waals surface area contributed by atoms with Crippen molar-refractivity contribution in [1.82, 2.24) is 15.1 Å². The van der Waals surface area contributed by atoms with E-state index in [4.69, 9.17) is 0 Å². The topological polar surface area (TPSA) is 46.1 Å². The number of likely N-dealkylation sites (N-methyl/N-ethyl adjacent to an activating group) is 1. The molecule has 0 spiro atoms. The molecule has 1 saturated heterocycles. The number of benzene rings is 1. The van der Waals surface area contributed by atoms with Crippen LogP contribution in [0.25, 0.3) is 0 Å². The van der Waals surface area contributed by atoms with Crippen molar-refractivity contribution in [2.75, 3.05) is 7.05 Å². The van der Waals surface area contributed by atoms with E-state index in [1.165, 1.54) is 0 Å². The second-order valence-electron chi connectivity index (χ2n) is 6.43. The van der Waals surface area contributed by atoms with Gasteiger partial charge >= 0.3 is 0 Å². The fourth-order valence-corrected chi connectivity index (χ4v) is 2.74. The average molecular weight is 305 g/mol. The minimum absolute atomic E-state index is 0.104. The molecule has 1 aromatic heterocycles. The predicted octanol–water partition coefficient (Wildman–Crippen LogP) is 2.60. The normalized spacial score (nSPS) is 19.3. The number of carbonyl (C=O) groups excluding carboxylic acids is 1. The van der Waals surface area contributed by atoms with Crippen molar-refractivity contribution in [2.24, 2.45) is 0 Å². The number of hydrogen-bond donors (Lipinski definition) is 0. The highest BCUT2D eigenvalue weighted by Crippen LogP contribution is 2.37. The Hall–Kier alpha value is -2.67. The van der Waals surface area contributed by atoms with Gasteiger partial charge in [-0.25, -0.2) is 0 Å². The van der Waals surface area contributed by atoms with Crippen LogP contribution < -0.4 is 0 Å². The summed E-state index contributed by atoms with van der Waals surface area (Å²) in [6.45, 7) is 4.13. The summed E-state index contributed by atoms with van der Waals surface area (Å²) in [5, 5.41) is 8.37. The molecule has 1 fully saturated rings. The Morgan fingerprint density at radius 3 is 2.39 bits per heavy atom. The smallest absolute Gasteiger partial charge is 0.232 e. The summed E-state index contributed by atoms with van der Waals surface area (Å²) in [6, 6.07) is 13.4. The molecule has 1 aromatic carbocycles. The van der Waals surface area contributed by atoms with Gasteiger partial charge in [-0.3, -0.25) is 4.79 Å². The SMILES string of the molecule is CN1C(=O)C(c2ccc(C#Cc3ccccc3)nn2)CC1(C)C. The summed E-state index contributed by atoms with van der Waals surface area (Å²) in [5.41, 5.74) is 2.12. The van der Waals surface area contributed by atoms with Crippen LogP contribution in [0.4, 0.5) is 0 Å². The first kappa shape index (κ1) is 15.2. The van der Waals surface area contributed by atoms with Gasteiger partial charge in [0, 0.05) is 18.2 Å². The Morgan fingerprint density at radius 2 is 1.83 bits per heavy atom. The lowest BCUT2D eigenvalue weighted by Gasteiger charge is -2.26. The second-order valence-corrected chi connectivity index (χ2v) is 6.43. The standard InChI is InChI=1S/C19H19N3O/c1-19(2)13-16(18(23)22(19)3)17-12-11-15(20-21-17)10-9-14-7-5-4-6-8-14/h4-8,11-12,16H,13H2,1-3H3. The van der Waals surface area contributed by atoms with Crippen LogP contribution in [0.15, 0.2) is 42.5 Å². The van der Waals surface area contributed by atoms with E-state index in [1.807, 2.05) is 49.5 Å². The maximum atomic E-state index is 12.3. The highest BCUT2D eigenvalue weighted by atomic mass is 16.2. The van der Waals surface area contributed by atoms with Gasteiger partial charge in [-0.05, 0) is 50.5 Å². The lowest BCUT2D eigenvalue weighted by Crippen LogP contribution is -2.37. The number of carbonyl (C=O) groups is 1. The van der Waals surface area contributed by atoms with Gasteiger partial charge in [0.25, 0.3) is 0 Å². The first-order chi connectivity index (χ1) is 11.0. The number of likely N-dealkylation sites (tertiary alicyclic amines) is 1. The molecule has 3 rings (SSSR count). The van der Waals surface area contributed by atoms with Crippen LogP contribution in [0.2, 0.25) is 0 Å². The van der Waals surface area contributed by atoms with Crippen molar-refractivity contribution in [3.8, 4) is 11.8 Å². The Kier molecular flexibility index (Phi) is 3.87. The third-order valence-corrected chi connectivity index (χ3v) is 4.39. The summed E-state index contributed by atoms with van der Waals surface area (Å²) in [5.74, 6) is 5.94. The highest BCUT2D eigenvalue weighted by Gasteiger charge is 2.44. The first-order valence-corrected chi connectivity index (χ1v) is 7.66. The molecule has 1 unspecified atom stereocenters. The van der Waals surface area contributed by atoms with E-state index in [1.54, 1.807) is 4.90 Å². The van der Waals surface area contributed by atoms with Crippen molar-refractivity contribution in [1.29, 1.82) is 0 Å². The van der Waals surface area contributed by atoms with Crippen LogP contribution >= 0.6 is 0 Å². The van der Waals surface area contributed by atoms with Gasteiger partial charge in [0.15, 0.2) is 0 Å². The third-order valence-electron chi connectivity index (χ3n) is 4.39. The number of amides is 1. The van der Waals surface area contributed by atoms with Gasteiger partial charge in [-0.15, -0.1) is 5.10 Å². The Morgan fingerprint density at radius 1 is 1.09 bits per heavy atom. The molecular weight excluding hydrogens is 286 g/mol. The molecule has 2 aromatic rings. The van der Waals surface area contributed by atoms with E-state index in [-0.39, 0.29) is 17.4 Å². The lowest BCUT2D eigenvalue weighted by molar-refractivity contribution is -0.130. The van der Waals surface area contributed by atoms with E-state index in [0.29, 0.717) is 5.69 Å². The zero-order chi connectivity index (χ0) is 16.4. The zero-order valence-corrected chi connectivity index (χ0v) is 13.6. The van der Waals surface area contributed by atoms with E-state index in [0.717, 1.165) is 17.7 Å². The fourth-order valence-electron chi connectivity index (χ4n) is 2.74. The molecule has 0 N–H and O–H groups in total. The molecule has 116 valence electrons.